The lowest BCUT2D eigenvalue weighted by atomic mass is 10.1. The highest BCUT2D eigenvalue weighted by molar-refractivity contribution is 5.95. The van der Waals surface area contributed by atoms with E-state index in [1.807, 2.05) is 0 Å². The lowest BCUT2D eigenvalue weighted by molar-refractivity contribution is -0.385. The summed E-state index contributed by atoms with van der Waals surface area (Å²) < 4.78 is 4.83. The highest BCUT2D eigenvalue weighted by atomic mass is 16.6. The predicted octanol–water partition coefficient (Wildman–Crippen LogP) is 0.640. The number of rotatable bonds is 6. The Morgan fingerprint density at radius 1 is 1.58 bits per heavy atom. The van der Waals surface area contributed by atoms with Gasteiger partial charge in [0, 0.05) is 24.3 Å². The SMILES string of the molecule is COCC(CO)NC(=O)c1ccc(C)c([N+](=O)[O-])c1. The van der Waals surface area contributed by atoms with E-state index in [1.165, 1.54) is 25.3 Å². The lowest BCUT2D eigenvalue weighted by Gasteiger charge is -2.15. The number of benzene rings is 1. The quantitative estimate of drug-likeness (QED) is 0.582. The second-order valence-corrected chi connectivity index (χ2v) is 4.07. The second kappa shape index (κ2) is 6.81. The van der Waals surface area contributed by atoms with Crippen molar-refractivity contribution < 1.29 is 19.6 Å². The summed E-state index contributed by atoms with van der Waals surface area (Å²) >= 11 is 0. The van der Waals surface area contributed by atoms with Gasteiger partial charge in [-0.05, 0) is 13.0 Å². The van der Waals surface area contributed by atoms with Gasteiger partial charge >= 0.3 is 0 Å². The van der Waals surface area contributed by atoms with Gasteiger partial charge in [-0.3, -0.25) is 14.9 Å². The standard InChI is InChI=1S/C12H16N2O5/c1-8-3-4-9(5-11(8)14(17)18)12(16)13-10(6-15)7-19-2/h3-5,10,15H,6-7H2,1-2H3,(H,13,16). The number of carbonyl (C=O) groups excluding carboxylic acids is 1. The minimum absolute atomic E-state index is 0.111. The highest BCUT2D eigenvalue weighted by Crippen LogP contribution is 2.19. The molecule has 1 amide bonds. The van der Waals surface area contributed by atoms with Crippen molar-refractivity contribution in [1.29, 1.82) is 0 Å². The second-order valence-electron chi connectivity index (χ2n) is 4.07. The molecule has 19 heavy (non-hydrogen) atoms. The van der Waals surface area contributed by atoms with Crippen LogP contribution >= 0.6 is 0 Å². The summed E-state index contributed by atoms with van der Waals surface area (Å²) in [5.74, 6) is -0.487. The Morgan fingerprint density at radius 2 is 2.26 bits per heavy atom. The molecule has 0 aliphatic heterocycles. The van der Waals surface area contributed by atoms with Gasteiger partial charge in [0.1, 0.15) is 0 Å². The largest absolute Gasteiger partial charge is 0.394 e. The Kier molecular flexibility index (Phi) is 5.40. The van der Waals surface area contributed by atoms with Crippen LogP contribution in [-0.4, -0.2) is 42.3 Å². The highest BCUT2D eigenvalue weighted by Gasteiger charge is 2.17. The van der Waals surface area contributed by atoms with Crippen LogP contribution < -0.4 is 5.32 Å². The number of ether oxygens (including phenoxy) is 1. The van der Waals surface area contributed by atoms with Gasteiger partial charge in [0.15, 0.2) is 0 Å². The summed E-state index contributed by atoms with van der Waals surface area (Å²) in [6.07, 6.45) is 0. The fraction of sp³-hybridized carbons (Fsp3) is 0.417. The van der Waals surface area contributed by atoms with Gasteiger partial charge in [0.2, 0.25) is 0 Å². The molecule has 7 nitrogen and oxygen atoms in total. The van der Waals surface area contributed by atoms with Gasteiger partial charge < -0.3 is 15.2 Å². The zero-order valence-corrected chi connectivity index (χ0v) is 10.8. The van der Waals surface area contributed by atoms with Crippen LogP contribution in [0.25, 0.3) is 0 Å². The number of aryl methyl sites for hydroxylation is 1. The molecule has 0 heterocycles. The van der Waals surface area contributed by atoms with Crippen molar-refractivity contribution in [2.75, 3.05) is 20.3 Å². The number of carbonyl (C=O) groups is 1. The average Bonchev–Trinajstić information content (AvgIpc) is 2.38. The zero-order chi connectivity index (χ0) is 14.4. The predicted molar refractivity (Wildman–Crippen MR) is 68.0 cm³/mol. The third kappa shape index (κ3) is 4.01. The number of aliphatic hydroxyl groups is 1. The first-order chi connectivity index (χ1) is 8.99. The number of hydrogen-bond donors (Lipinski definition) is 2. The molecule has 2 N–H and O–H groups in total. The molecule has 0 fully saturated rings. The molecule has 0 spiro atoms. The van der Waals surface area contributed by atoms with Gasteiger partial charge in [-0.15, -0.1) is 0 Å². The van der Waals surface area contributed by atoms with Crippen LogP contribution in [-0.2, 0) is 4.74 Å². The number of nitro benzene ring substituents is 1. The lowest BCUT2D eigenvalue weighted by Crippen LogP contribution is -2.40. The van der Waals surface area contributed by atoms with Crippen molar-refractivity contribution in [3.05, 3.63) is 39.4 Å². The van der Waals surface area contributed by atoms with Crippen LogP contribution in [0.15, 0.2) is 18.2 Å². The summed E-state index contributed by atoms with van der Waals surface area (Å²) in [7, 11) is 1.45. The summed E-state index contributed by atoms with van der Waals surface area (Å²) in [5.41, 5.74) is 0.545. The molecule has 0 aliphatic rings. The number of aliphatic hydroxyl groups excluding tert-OH is 1. The molecule has 0 saturated heterocycles. The van der Waals surface area contributed by atoms with E-state index in [9.17, 15) is 14.9 Å². The van der Waals surface area contributed by atoms with Gasteiger partial charge in [0.05, 0.1) is 24.2 Å². The van der Waals surface area contributed by atoms with Crippen molar-refractivity contribution in [2.24, 2.45) is 0 Å². The normalized spacial score (nSPS) is 11.9. The molecule has 0 saturated carbocycles. The summed E-state index contributed by atoms with van der Waals surface area (Å²) in [6.45, 7) is 1.49. The molecular formula is C12H16N2O5. The van der Waals surface area contributed by atoms with E-state index < -0.39 is 16.9 Å². The summed E-state index contributed by atoms with van der Waals surface area (Å²) in [6, 6.07) is 3.68. The monoisotopic (exact) mass is 268 g/mol. The fourth-order valence-corrected chi connectivity index (χ4v) is 1.56. The maximum Gasteiger partial charge on any atom is 0.273 e. The van der Waals surface area contributed by atoms with Crippen molar-refractivity contribution in [2.45, 2.75) is 13.0 Å². The van der Waals surface area contributed by atoms with Crippen LogP contribution in [0.4, 0.5) is 5.69 Å². The molecule has 1 atom stereocenters. The molecule has 1 aromatic rings. The van der Waals surface area contributed by atoms with Gasteiger partial charge in [-0.25, -0.2) is 0 Å². The van der Waals surface area contributed by atoms with E-state index in [0.29, 0.717) is 5.56 Å². The Balaban J connectivity index is 2.88. The van der Waals surface area contributed by atoms with E-state index in [0.717, 1.165) is 0 Å². The molecular weight excluding hydrogens is 252 g/mol. The number of methoxy groups -OCH3 is 1. The molecule has 0 bridgehead atoms. The first kappa shape index (κ1) is 15.1. The molecule has 0 radical (unpaired) electrons. The van der Waals surface area contributed by atoms with E-state index in [-0.39, 0.29) is 24.5 Å². The minimum atomic E-state index is -0.544. The summed E-state index contributed by atoms with van der Waals surface area (Å²) in [5, 5.41) is 22.4. The van der Waals surface area contributed by atoms with Gasteiger partial charge in [-0.1, -0.05) is 6.07 Å². The van der Waals surface area contributed by atoms with Crippen molar-refractivity contribution in [3.8, 4) is 0 Å². The van der Waals surface area contributed by atoms with Crippen LogP contribution in [0.1, 0.15) is 15.9 Å². The van der Waals surface area contributed by atoms with Crippen molar-refractivity contribution in [1.82, 2.24) is 5.32 Å². The van der Waals surface area contributed by atoms with Gasteiger partial charge in [0.25, 0.3) is 11.6 Å². The third-order valence-corrected chi connectivity index (χ3v) is 2.59. The van der Waals surface area contributed by atoms with Crippen LogP contribution in [0.2, 0.25) is 0 Å². The first-order valence-corrected chi connectivity index (χ1v) is 5.65. The van der Waals surface area contributed by atoms with Crippen LogP contribution in [0.5, 0.6) is 0 Å². The molecule has 0 aromatic heterocycles. The molecule has 0 aliphatic carbocycles. The van der Waals surface area contributed by atoms with E-state index in [4.69, 9.17) is 9.84 Å². The molecule has 104 valence electrons. The number of nitrogens with one attached hydrogen (secondary N) is 1. The first-order valence-electron chi connectivity index (χ1n) is 5.65. The van der Waals surface area contributed by atoms with Crippen molar-refractivity contribution in [3.63, 3.8) is 0 Å². The summed E-state index contributed by atoms with van der Waals surface area (Å²) in [4.78, 5) is 22.1. The molecule has 1 aromatic carbocycles. The van der Waals surface area contributed by atoms with E-state index in [2.05, 4.69) is 5.32 Å². The maximum absolute atomic E-state index is 11.9. The Morgan fingerprint density at radius 3 is 2.79 bits per heavy atom. The number of amides is 1. The third-order valence-electron chi connectivity index (χ3n) is 2.59. The van der Waals surface area contributed by atoms with E-state index >= 15 is 0 Å². The minimum Gasteiger partial charge on any atom is -0.394 e. The van der Waals surface area contributed by atoms with Gasteiger partial charge in [-0.2, -0.15) is 0 Å². The Bertz CT molecular complexity index is 475. The van der Waals surface area contributed by atoms with E-state index in [1.54, 1.807) is 6.92 Å². The zero-order valence-electron chi connectivity index (χ0n) is 10.8. The number of hydrogen-bond acceptors (Lipinski definition) is 5. The Labute approximate surface area is 110 Å². The number of nitro groups is 1. The number of nitrogens with zero attached hydrogens (tertiary/aromatic N) is 1. The average molecular weight is 268 g/mol. The Hall–Kier alpha value is -1.99. The van der Waals surface area contributed by atoms with Crippen LogP contribution in [0, 0.1) is 17.0 Å². The molecule has 1 unspecified atom stereocenters. The van der Waals surface area contributed by atoms with Crippen LogP contribution in [0.3, 0.4) is 0 Å². The topological polar surface area (TPSA) is 102 Å². The van der Waals surface area contributed by atoms with Crippen molar-refractivity contribution >= 4 is 11.6 Å². The molecule has 7 heteroatoms. The smallest absolute Gasteiger partial charge is 0.273 e. The maximum atomic E-state index is 11.9. The molecule has 1 rings (SSSR count). The fourth-order valence-electron chi connectivity index (χ4n) is 1.56.